The highest BCUT2D eigenvalue weighted by Crippen LogP contribution is 2.50. The van der Waals surface area contributed by atoms with Crippen molar-refractivity contribution < 1.29 is 28.2 Å². The molecule has 0 aliphatic carbocycles. The van der Waals surface area contributed by atoms with Crippen LogP contribution in [0.5, 0.6) is 0 Å². The molecule has 252 valence electrons. The van der Waals surface area contributed by atoms with Crippen LogP contribution in [0, 0.1) is 12.8 Å². The number of nitrogens with one attached hydrogen (secondary N) is 1. The lowest BCUT2D eigenvalue weighted by atomic mass is 9.80. The van der Waals surface area contributed by atoms with E-state index in [-0.39, 0.29) is 6.61 Å². The molecule has 2 fully saturated rings. The third-order valence-electron chi connectivity index (χ3n) is 8.78. The van der Waals surface area contributed by atoms with Crippen molar-refractivity contribution in [3.05, 3.63) is 57.1 Å². The molecule has 1 N–H and O–H groups in total. The Morgan fingerprint density at radius 1 is 1.19 bits per heavy atom. The van der Waals surface area contributed by atoms with E-state index in [4.69, 9.17) is 30.2 Å². The lowest BCUT2D eigenvalue weighted by molar-refractivity contribution is -0.138. The number of aryl methyl sites for hydroxylation is 1. The number of amides is 1. The van der Waals surface area contributed by atoms with Crippen LogP contribution in [0.25, 0.3) is 15.7 Å². The normalized spacial score (nSPS) is 21.0. The van der Waals surface area contributed by atoms with Crippen molar-refractivity contribution in [1.29, 1.82) is 0 Å². The predicted molar refractivity (Wildman–Crippen MR) is 179 cm³/mol. The highest BCUT2D eigenvalue weighted by atomic mass is 35.5. The van der Waals surface area contributed by atoms with Gasteiger partial charge in [0, 0.05) is 54.7 Å². The number of dihydropyridines is 1. The molecular weight excluding hydrogens is 642 g/mol. The number of pyridine rings is 1. The summed E-state index contributed by atoms with van der Waals surface area (Å²) >= 11 is 8.05. The Labute approximate surface area is 283 Å². The van der Waals surface area contributed by atoms with E-state index < -0.39 is 29.6 Å². The van der Waals surface area contributed by atoms with E-state index in [0.29, 0.717) is 53.5 Å². The minimum Gasteiger partial charge on any atom is -0.463 e. The lowest BCUT2D eigenvalue weighted by Gasteiger charge is -2.37. The number of hydrogen-bond acceptors (Lipinski definition) is 11. The molecule has 0 bridgehead atoms. The molecule has 1 unspecified atom stereocenters. The van der Waals surface area contributed by atoms with Gasteiger partial charge in [-0.15, -0.1) is 21.5 Å². The lowest BCUT2D eigenvalue weighted by Crippen LogP contribution is -2.45. The van der Waals surface area contributed by atoms with Crippen LogP contribution >= 0.6 is 22.9 Å². The molecule has 0 aromatic carbocycles. The smallest absolute Gasteiger partial charge is 0.410 e. The first-order valence-electron chi connectivity index (χ1n) is 16.4. The van der Waals surface area contributed by atoms with Gasteiger partial charge in [0.1, 0.15) is 10.8 Å². The summed E-state index contributed by atoms with van der Waals surface area (Å²) in [5, 5.41) is 13.7. The Morgan fingerprint density at radius 3 is 2.66 bits per heavy atom. The van der Waals surface area contributed by atoms with Gasteiger partial charge in [-0.05, 0) is 89.7 Å². The average molecular weight is 684 g/mol. The predicted octanol–water partition coefficient (Wildman–Crippen LogP) is 7.16. The maximum absolute atomic E-state index is 14.2. The highest BCUT2D eigenvalue weighted by molar-refractivity contribution is 7.19. The first kappa shape index (κ1) is 33.4. The number of likely N-dealkylation sites (tertiary alicyclic amines) is 1. The molecular formula is C34H42ClN5O6S. The molecule has 11 nitrogen and oxygen atoms in total. The summed E-state index contributed by atoms with van der Waals surface area (Å²) in [4.78, 5) is 34.7. The van der Waals surface area contributed by atoms with Gasteiger partial charge >= 0.3 is 12.1 Å². The van der Waals surface area contributed by atoms with Crippen LogP contribution in [0.4, 0.5) is 4.79 Å². The van der Waals surface area contributed by atoms with Gasteiger partial charge in [0.15, 0.2) is 0 Å². The number of fused-ring (bicyclic) bond motifs is 1. The van der Waals surface area contributed by atoms with Crippen LogP contribution in [0.15, 0.2) is 39.7 Å². The first-order chi connectivity index (χ1) is 22.5. The van der Waals surface area contributed by atoms with E-state index in [9.17, 15) is 9.59 Å². The van der Waals surface area contributed by atoms with Gasteiger partial charge in [0.25, 0.3) is 0 Å². The number of halogens is 1. The molecule has 0 spiro atoms. The minimum atomic E-state index is -0.673. The van der Waals surface area contributed by atoms with E-state index in [2.05, 4.69) is 20.5 Å². The molecule has 13 heteroatoms. The number of allylic oxidation sites excluding steroid dienone is 2. The van der Waals surface area contributed by atoms with Crippen molar-refractivity contribution in [2.24, 2.45) is 5.92 Å². The minimum absolute atomic E-state index is 0.181. The average Bonchev–Trinajstić information content (AvgIpc) is 3.79. The Balaban J connectivity index is 1.55. The van der Waals surface area contributed by atoms with Gasteiger partial charge in [-0.25, -0.2) is 14.6 Å². The fourth-order valence-electron chi connectivity index (χ4n) is 6.69. The molecule has 6 rings (SSSR count). The number of rotatable bonds is 8. The number of ether oxygens (including phenoxy) is 3. The summed E-state index contributed by atoms with van der Waals surface area (Å²) in [6.45, 7) is 11.3. The molecule has 3 aliphatic rings. The molecule has 3 aromatic heterocycles. The molecule has 3 aliphatic heterocycles. The van der Waals surface area contributed by atoms with E-state index in [1.165, 1.54) is 11.3 Å². The second kappa shape index (κ2) is 13.9. The summed E-state index contributed by atoms with van der Waals surface area (Å²) in [5.41, 5.74) is 1.98. The first-order valence-corrected chi connectivity index (χ1v) is 17.6. The molecule has 47 heavy (non-hydrogen) atoms. The van der Waals surface area contributed by atoms with E-state index in [1.54, 1.807) is 24.9 Å². The number of aromatic nitrogens is 3. The summed E-state index contributed by atoms with van der Waals surface area (Å²) in [7, 11) is 0. The van der Waals surface area contributed by atoms with Crippen molar-refractivity contribution in [1.82, 2.24) is 25.4 Å². The van der Waals surface area contributed by atoms with Crippen LogP contribution < -0.4 is 5.32 Å². The van der Waals surface area contributed by atoms with Crippen LogP contribution in [0.2, 0.25) is 5.15 Å². The van der Waals surface area contributed by atoms with Crippen LogP contribution in [0.1, 0.15) is 88.8 Å². The second-order valence-corrected chi connectivity index (χ2v) is 14.7. The van der Waals surface area contributed by atoms with E-state index in [0.717, 1.165) is 65.1 Å². The van der Waals surface area contributed by atoms with Crippen molar-refractivity contribution in [2.45, 2.75) is 90.7 Å². The Kier molecular flexibility index (Phi) is 9.91. The maximum Gasteiger partial charge on any atom is 0.410 e. The van der Waals surface area contributed by atoms with Crippen molar-refractivity contribution in [3.63, 3.8) is 0 Å². The van der Waals surface area contributed by atoms with Crippen molar-refractivity contribution >= 4 is 50.7 Å². The third kappa shape index (κ3) is 7.19. The van der Waals surface area contributed by atoms with E-state index in [1.807, 2.05) is 32.9 Å². The fourth-order valence-corrected chi connectivity index (χ4v) is 8.13. The number of hydrogen-bond donors (Lipinski definition) is 1. The van der Waals surface area contributed by atoms with Crippen molar-refractivity contribution in [3.8, 4) is 0 Å². The Bertz CT molecular complexity index is 1700. The van der Waals surface area contributed by atoms with Crippen LogP contribution in [-0.4, -0.2) is 70.2 Å². The summed E-state index contributed by atoms with van der Waals surface area (Å²) in [6.07, 6.45) is 6.21. The topological polar surface area (TPSA) is 129 Å². The van der Waals surface area contributed by atoms with Crippen LogP contribution in [0.3, 0.4) is 0 Å². The number of carbonyl (C=O) groups is 2. The standard InChI is InChI=1S/C34H42ClN5O6S/c1-6-44-32(41)27-26(24-18-21-11-14-36-30(35)29(21)47-24)25(31-39-38-19(2)45-31)22(10-9-20-12-16-43-17-13-20)37-28(27)23-8-7-15-40(23)33(42)46-34(3,4)5/h11,14,18,20,23,26,37H,6-10,12-13,15-17H2,1-5H3/t23-,26?/m0/s1. The molecule has 2 atom stereocenters. The van der Waals surface area contributed by atoms with Gasteiger partial charge in [-0.2, -0.15) is 0 Å². The monoisotopic (exact) mass is 683 g/mol. The number of esters is 1. The fraction of sp³-hybridized carbons (Fsp3) is 0.559. The molecule has 3 aromatic rings. The zero-order chi connectivity index (χ0) is 33.3. The number of thiophene rings is 1. The maximum atomic E-state index is 14.2. The number of carbonyl (C=O) groups excluding carboxylic acids is 2. The highest BCUT2D eigenvalue weighted by Gasteiger charge is 2.45. The number of nitrogens with zero attached hydrogens (tertiary/aromatic N) is 4. The molecule has 0 radical (unpaired) electrons. The molecule has 1 amide bonds. The van der Waals surface area contributed by atoms with Gasteiger partial charge in [0.2, 0.25) is 11.8 Å². The van der Waals surface area contributed by atoms with Gasteiger partial charge in [-0.3, -0.25) is 4.90 Å². The zero-order valence-electron chi connectivity index (χ0n) is 27.6. The summed E-state index contributed by atoms with van der Waals surface area (Å²) in [5.74, 6) is 0.122. The Hall–Kier alpha value is -3.48. The molecule has 6 heterocycles. The summed E-state index contributed by atoms with van der Waals surface area (Å²) < 4.78 is 24.2. The SMILES string of the molecule is CCOC(=O)C1=C([C@@H]2CCCN2C(=O)OC(C)(C)C)NC(CCC2CCOCC2)=C(c2nnc(C)o2)C1c1cc2ccnc(Cl)c2s1. The summed E-state index contributed by atoms with van der Waals surface area (Å²) in [6, 6.07) is 3.51. The largest absolute Gasteiger partial charge is 0.463 e. The third-order valence-corrected chi connectivity index (χ3v) is 10.4. The van der Waals surface area contributed by atoms with Gasteiger partial charge in [-0.1, -0.05) is 11.6 Å². The zero-order valence-corrected chi connectivity index (χ0v) is 29.1. The second-order valence-electron chi connectivity index (χ2n) is 13.2. The van der Waals surface area contributed by atoms with E-state index >= 15 is 0 Å². The Morgan fingerprint density at radius 2 is 1.98 bits per heavy atom. The molecule has 0 saturated carbocycles. The quantitative estimate of drug-likeness (QED) is 0.193. The van der Waals surface area contributed by atoms with Crippen molar-refractivity contribution in [2.75, 3.05) is 26.4 Å². The van der Waals surface area contributed by atoms with Crippen LogP contribution in [-0.2, 0) is 19.0 Å². The van der Waals surface area contributed by atoms with Gasteiger partial charge in [0.05, 0.1) is 28.8 Å². The molecule has 2 saturated heterocycles. The van der Waals surface area contributed by atoms with Gasteiger partial charge < -0.3 is 23.9 Å².